The summed E-state index contributed by atoms with van der Waals surface area (Å²) in [6.07, 6.45) is 1.93. The Morgan fingerprint density at radius 3 is 2.71 bits per heavy atom. The Kier molecular flexibility index (Phi) is 5.01. The maximum Gasteiger partial charge on any atom is 0.325 e. The number of halogens is 1. The minimum absolute atomic E-state index is 0.214. The van der Waals surface area contributed by atoms with Crippen LogP contribution in [0.2, 0.25) is 5.02 Å². The minimum Gasteiger partial charge on any atom is -0.454 e. The Morgan fingerprint density at radius 1 is 1.25 bits per heavy atom. The molecule has 24 heavy (non-hydrogen) atoms. The topological polar surface area (TPSA) is 84.5 Å². The van der Waals surface area contributed by atoms with Gasteiger partial charge >= 0.3 is 5.97 Å². The maximum absolute atomic E-state index is 12.2. The number of hydrogen-bond donors (Lipinski definition) is 2. The van der Waals surface area contributed by atoms with Crippen molar-refractivity contribution in [3.8, 4) is 0 Å². The van der Waals surface area contributed by atoms with Gasteiger partial charge in [-0.05, 0) is 18.9 Å². The van der Waals surface area contributed by atoms with Crippen LogP contribution in [0.5, 0.6) is 0 Å². The third kappa shape index (κ3) is 4.04. The highest BCUT2D eigenvalue weighted by Gasteiger charge is 2.23. The van der Waals surface area contributed by atoms with E-state index in [9.17, 15) is 14.4 Å². The van der Waals surface area contributed by atoms with Crippen LogP contribution in [0.3, 0.4) is 0 Å². The van der Waals surface area contributed by atoms with Gasteiger partial charge < -0.3 is 15.4 Å². The van der Waals surface area contributed by atoms with E-state index in [0.717, 1.165) is 22.9 Å². The lowest BCUT2D eigenvalue weighted by atomic mass is 10.2. The van der Waals surface area contributed by atoms with Crippen LogP contribution in [0.1, 0.15) is 22.5 Å². The van der Waals surface area contributed by atoms with Gasteiger partial charge in [0, 0.05) is 16.1 Å². The van der Waals surface area contributed by atoms with Gasteiger partial charge in [-0.15, -0.1) is 11.3 Å². The van der Waals surface area contributed by atoms with Crippen molar-refractivity contribution in [1.82, 2.24) is 10.6 Å². The highest BCUT2D eigenvalue weighted by Crippen LogP contribution is 2.34. The molecule has 0 atom stereocenters. The molecular weight excluding hydrogens is 352 g/mol. The van der Waals surface area contributed by atoms with Gasteiger partial charge in [0.15, 0.2) is 6.61 Å². The first kappa shape index (κ1) is 16.7. The number of carbonyl (C=O) groups excluding carboxylic acids is 3. The lowest BCUT2D eigenvalue weighted by Gasteiger charge is -2.06. The molecule has 0 unspecified atom stereocenters. The number of thiophene rings is 1. The monoisotopic (exact) mass is 366 g/mol. The highest BCUT2D eigenvalue weighted by molar-refractivity contribution is 7.21. The van der Waals surface area contributed by atoms with Crippen molar-refractivity contribution in [1.29, 1.82) is 0 Å². The Morgan fingerprint density at radius 2 is 2.00 bits per heavy atom. The number of rotatable bonds is 6. The van der Waals surface area contributed by atoms with Gasteiger partial charge in [-0.1, -0.05) is 29.8 Å². The normalized spacial score (nSPS) is 13.5. The smallest absolute Gasteiger partial charge is 0.325 e. The third-order valence-corrected chi connectivity index (χ3v) is 5.12. The van der Waals surface area contributed by atoms with Crippen molar-refractivity contribution < 1.29 is 19.1 Å². The zero-order chi connectivity index (χ0) is 17.1. The van der Waals surface area contributed by atoms with Crippen molar-refractivity contribution in [2.45, 2.75) is 18.9 Å². The zero-order valence-corrected chi connectivity index (χ0v) is 14.2. The first-order valence-electron chi connectivity index (χ1n) is 7.45. The van der Waals surface area contributed by atoms with Gasteiger partial charge in [0.1, 0.15) is 11.4 Å². The molecule has 0 aliphatic heterocycles. The fourth-order valence-electron chi connectivity index (χ4n) is 2.09. The number of esters is 1. The van der Waals surface area contributed by atoms with Gasteiger partial charge in [0.2, 0.25) is 0 Å². The van der Waals surface area contributed by atoms with Gasteiger partial charge in [-0.25, -0.2) is 0 Å². The molecule has 0 radical (unpaired) electrons. The number of hydrogen-bond acceptors (Lipinski definition) is 5. The Labute approximate surface area is 147 Å². The zero-order valence-electron chi connectivity index (χ0n) is 12.6. The van der Waals surface area contributed by atoms with E-state index in [-0.39, 0.29) is 25.1 Å². The predicted molar refractivity (Wildman–Crippen MR) is 91.3 cm³/mol. The molecule has 1 aliphatic rings. The summed E-state index contributed by atoms with van der Waals surface area (Å²) in [4.78, 5) is 35.5. The first-order chi connectivity index (χ1) is 11.5. The van der Waals surface area contributed by atoms with E-state index in [2.05, 4.69) is 10.6 Å². The van der Waals surface area contributed by atoms with Crippen molar-refractivity contribution in [3.63, 3.8) is 0 Å². The summed E-state index contributed by atoms with van der Waals surface area (Å²) in [6, 6.07) is 7.62. The molecule has 3 rings (SSSR count). The second kappa shape index (κ2) is 7.19. The van der Waals surface area contributed by atoms with Gasteiger partial charge in [-0.2, -0.15) is 0 Å². The number of amides is 2. The molecule has 2 amide bonds. The van der Waals surface area contributed by atoms with Crippen LogP contribution in [-0.4, -0.2) is 37.0 Å². The molecule has 2 N–H and O–H groups in total. The molecule has 0 spiro atoms. The van der Waals surface area contributed by atoms with Crippen molar-refractivity contribution in [2.24, 2.45) is 0 Å². The molecule has 0 bridgehead atoms. The molecule has 6 nitrogen and oxygen atoms in total. The lowest BCUT2D eigenvalue weighted by molar-refractivity contribution is -0.147. The summed E-state index contributed by atoms with van der Waals surface area (Å²) in [5.74, 6) is -1.45. The molecule has 1 aromatic heterocycles. The Balaban J connectivity index is 1.49. The summed E-state index contributed by atoms with van der Waals surface area (Å²) in [5.41, 5.74) is 0. The van der Waals surface area contributed by atoms with Crippen LogP contribution in [0.25, 0.3) is 10.1 Å². The standard InChI is InChI=1S/C16H15ClN2O4S/c17-14-10-3-1-2-4-11(10)24-15(14)16(22)18-7-13(21)23-8-12(20)19-9-5-6-9/h1-4,9H,5-8H2,(H,18,22)(H,19,20). The molecule has 0 saturated heterocycles. The van der Waals surface area contributed by atoms with Gasteiger partial charge in [0.05, 0.1) is 5.02 Å². The lowest BCUT2D eigenvalue weighted by Crippen LogP contribution is -2.34. The largest absolute Gasteiger partial charge is 0.454 e. The van der Waals surface area contributed by atoms with E-state index in [1.807, 2.05) is 24.3 Å². The number of fused-ring (bicyclic) bond motifs is 1. The number of nitrogens with one attached hydrogen (secondary N) is 2. The predicted octanol–water partition coefficient (Wildman–Crippen LogP) is 2.11. The van der Waals surface area contributed by atoms with Crippen LogP contribution in [-0.2, 0) is 14.3 Å². The molecule has 1 fully saturated rings. The van der Waals surface area contributed by atoms with Crippen molar-refractivity contribution in [2.75, 3.05) is 13.2 Å². The average Bonchev–Trinajstić information content (AvgIpc) is 3.33. The second-order valence-electron chi connectivity index (χ2n) is 5.43. The fraction of sp³-hybridized carbons (Fsp3) is 0.312. The summed E-state index contributed by atoms with van der Waals surface area (Å²) in [5, 5.41) is 6.33. The molecule has 1 aliphatic carbocycles. The SMILES string of the molecule is O=C(COC(=O)CNC(=O)c1sc2ccccc2c1Cl)NC1CC1. The van der Waals surface area contributed by atoms with E-state index >= 15 is 0 Å². The number of benzene rings is 1. The van der Waals surface area contributed by atoms with E-state index in [1.54, 1.807) is 0 Å². The van der Waals surface area contributed by atoms with Gasteiger partial charge in [0.25, 0.3) is 11.8 Å². The molecular formula is C16H15ClN2O4S. The van der Waals surface area contributed by atoms with E-state index in [4.69, 9.17) is 16.3 Å². The number of ether oxygens (including phenoxy) is 1. The maximum atomic E-state index is 12.2. The van der Waals surface area contributed by atoms with Crippen LogP contribution in [0.4, 0.5) is 0 Å². The van der Waals surface area contributed by atoms with Crippen LogP contribution >= 0.6 is 22.9 Å². The van der Waals surface area contributed by atoms with Crippen LogP contribution in [0.15, 0.2) is 24.3 Å². The Bertz CT molecular complexity index is 800. The van der Waals surface area contributed by atoms with E-state index < -0.39 is 11.9 Å². The molecule has 126 valence electrons. The van der Waals surface area contributed by atoms with Crippen LogP contribution < -0.4 is 10.6 Å². The molecule has 1 saturated carbocycles. The highest BCUT2D eigenvalue weighted by atomic mass is 35.5. The first-order valence-corrected chi connectivity index (χ1v) is 8.64. The quantitative estimate of drug-likeness (QED) is 0.767. The van der Waals surface area contributed by atoms with Crippen LogP contribution in [0, 0.1) is 0 Å². The molecule has 1 heterocycles. The van der Waals surface area contributed by atoms with Crippen molar-refractivity contribution in [3.05, 3.63) is 34.2 Å². The molecule has 1 aromatic carbocycles. The molecule has 8 heteroatoms. The number of carbonyl (C=O) groups is 3. The summed E-state index contributed by atoms with van der Waals surface area (Å²) < 4.78 is 5.71. The third-order valence-electron chi connectivity index (χ3n) is 3.44. The molecule has 2 aromatic rings. The van der Waals surface area contributed by atoms with Gasteiger partial charge in [-0.3, -0.25) is 14.4 Å². The Hall–Kier alpha value is -2.12. The van der Waals surface area contributed by atoms with E-state index in [0.29, 0.717) is 9.90 Å². The fourth-order valence-corrected chi connectivity index (χ4v) is 3.52. The second-order valence-corrected chi connectivity index (χ2v) is 6.86. The average molecular weight is 367 g/mol. The summed E-state index contributed by atoms with van der Waals surface area (Å²) in [7, 11) is 0. The summed E-state index contributed by atoms with van der Waals surface area (Å²) >= 11 is 7.46. The minimum atomic E-state index is -0.675. The summed E-state index contributed by atoms with van der Waals surface area (Å²) in [6.45, 7) is -0.658. The van der Waals surface area contributed by atoms with E-state index in [1.165, 1.54) is 11.3 Å². The van der Waals surface area contributed by atoms with Crippen molar-refractivity contribution >= 4 is 50.8 Å².